The number of amides is 2. The maximum atomic E-state index is 14.0. The van der Waals surface area contributed by atoms with Crippen molar-refractivity contribution in [3.8, 4) is 0 Å². The summed E-state index contributed by atoms with van der Waals surface area (Å²) >= 11 is 18.8. The number of halogens is 3. The van der Waals surface area contributed by atoms with Crippen LogP contribution in [-0.4, -0.2) is 50.5 Å². The van der Waals surface area contributed by atoms with Crippen molar-refractivity contribution in [3.63, 3.8) is 0 Å². The lowest BCUT2D eigenvalue weighted by molar-refractivity contribution is -0.140. The summed E-state index contributed by atoms with van der Waals surface area (Å²) in [7, 11) is -3.92. The van der Waals surface area contributed by atoms with Crippen LogP contribution >= 0.6 is 34.8 Å². The average Bonchev–Trinajstić information content (AvgIpc) is 2.89. The Morgan fingerprint density at radius 2 is 1.59 bits per heavy atom. The molecule has 0 aromatic heterocycles. The molecule has 0 spiro atoms. The largest absolute Gasteiger partial charge is 0.354 e. The molecule has 0 unspecified atom stereocenters. The molecule has 7 nitrogen and oxygen atoms in total. The minimum atomic E-state index is -3.92. The van der Waals surface area contributed by atoms with E-state index in [2.05, 4.69) is 5.32 Å². The van der Waals surface area contributed by atoms with Crippen LogP contribution in [-0.2, 0) is 32.6 Å². The molecule has 0 aliphatic rings. The van der Waals surface area contributed by atoms with Gasteiger partial charge in [0.1, 0.15) is 12.6 Å². The number of nitrogens with zero attached hydrogens (tertiary/aromatic N) is 2. The molecule has 208 valence electrons. The summed E-state index contributed by atoms with van der Waals surface area (Å²) in [5, 5.41) is 3.79. The zero-order chi connectivity index (χ0) is 28.6. The van der Waals surface area contributed by atoms with Gasteiger partial charge in [0.15, 0.2) is 0 Å². The Hall–Kier alpha value is -2.78. The molecule has 0 aliphatic heterocycles. The van der Waals surface area contributed by atoms with Gasteiger partial charge in [0.2, 0.25) is 21.8 Å². The molecule has 39 heavy (non-hydrogen) atoms. The van der Waals surface area contributed by atoms with Gasteiger partial charge in [-0.05, 0) is 41.8 Å². The minimum absolute atomic E-state index is 0.0496. The van der Waals surface area contributed by atoms with Crippen molar-refractivity contribution in [2.75, 3.05) is 23.7 Å². The molecule has 11 heteroatoms. The van der Waals surface area contributed by atoms with Crippen LogP contribution in [0.15, 0.2) is 72.8 Å². The van der Waals surface area contributed by atoms with Gasteiger partial charge in [-0.15, -0.1) is 0 Å². The number of hydrogen-bond donors (Lipinski definition) is 1. The monoisotopic (exact) mass is 609 g/mol. The Labute approximate surface area is 244 Å². The number of anilines is 1. The number of para-hydroxylation sites is 1. The molecular formula is C28H30Cl3N3O4S. The van der Waals surface area contributed by atoms with Gasteiger partial charge >= 0.3 is 0 Å². The van der Waals surface area contributed by atoms with E-state index in [1.54, 1.807) is 36.4 Å². The SMILES string of the molecule is CCCNC(=O)[C@@H](Cc1ccccc1)N(Cc1ccc(Cl)cc1Cl)C(=O)CN(c1ccccc1Cl)S(C)(=O)=O. The Morgan fingerprint density at radius 1 is 0.923 bits per heavy atom. The second-order valence-corrected chi connectivity index (χ2v) is 12.1. The number of benzene rings is 3. The smallest absolute Gasteiger partial charge is 0.244 e. The number of hydrogen-bond acceptors (Lipinski definition) is 4. The lowest BCUT2D eigenvalue weighted by atomic mass is 10.0. The molecule has 1 atom stereocenters. The van der Waals surface area contributed by atoms with Crippen LogP contribution < -0.4 is 9.62 Å². The summed E-state index contributed by atoms with van der Waals surface area (Å²) in [5.41, 5.74) is 1.55. The maximum Gasteiger partial charge on any atom is 0.244 e. The van der Waals surface area contributed by atoms with Gasteiger partial charge in [-0.25, -0.2) is 8.42 Å². The van der Waals surface area contributed by atoms with Crippen molar-refractivity contribution in [1.82, 2.24) is 10.2 Å². The minimum Gasteiger partial charge on any atom is -0.354 e. The molecule has 2 amide bonds. The zero-order valence-electron chi connectivity index (χ0n) is 21.6. The maximum absolute atomic E-state index is 14.0. The zero-order valence-corrected chi connectivity index (χ0v) is 24.7. The molecular weight excluding hydrogens is 581 g/mol. The van der Waals surface area contributed by atoms with Crippen LogP contribution in [0.1, 0.15) is 24.5 Å². The molecule has 3 rings (SSSR count). The number of carbonyl (C=O) groups excluding carboxylic acids is 2. The Morgan fingerprint density at radius 3 is 2.21 bits per heavy atom. The highest BCUT2D eigenvalue weighted by Gasteiger charge is 2.33. The first-order valence-electron chi connectivity index (χ1n) is 12.3. The van der Waals surface area contributed by atoms with Gasteiger partial charge in [-0.1, -0.05) is 90.3 Å². The van der Waals surface area contributed by atoms with E-state index in [0.29, 0.717) is 28.6 Å². The van der Waals surface area contributed by atoms with E-state index < -0.39 is 28.5 Å². The molecule has 0 saturated heterocycles. The second-order valence-electron chi connectivity index (χ2n) is 8.97. The van der Waals surface area contributed by atoms with Crippen molar-refractivity contribution < 1.29 is 18.0 Å². The fourth-order valence-electron chi connectivity index (χ4n) is 4.00. The topological polar surface area (TPSA) is 86.8 Å². The van der Waals surface area contributed by atoms with Crippen LogP contribution in [0.5, 0.6) is 0 Å². The first-order chi connectivity index (χ1) is 18.5. The van der Waals surface area contributed by atoms with Crippen molar-refractivity contribution in [2.24, 2.45) is 0 Å². The normalized spacial score (nSPS) is 12.0. The fraction of sp³-hybridized carbons (Fsp3) is 0.286. The molecule has 0 radical (unpaired) electrons. The Bertz CT molecular complexity index is 1400. The summed E-state index contributed by atoms with van der Waals surface area (Å²) in [6, 6.07) is 19.6. The molecule has 0 heterocycles. The van der Waals surface area contributed by atoms with Gasteiger partial charge in [0.25, 0.3) is 0 Å². The average molecular weight is 611 g/mol. The lowest BCUT2D eigenvalue weighted by Gasteiger charge is -2.33. The molecule has 3 aromatic rings. The number of nitrogens with one attached hydrogen (secondary N) is 1. The van der Waals surface area contributed by atoms with Gasteiger partial charge in [-0.3, -0.25) is 13.9 Å². The van der Waals surface area contributed by atoms with E-state index in [0.717, 1.165) is 16.1 Å². The Kier molecular flexibility index (Phi) is 11.1. The van der Waals surface area contributed by atoms with Crippen LogP contribution in [0.4, 0.5) is 5.69 Å². The summed E-state index contributed by atoms with van der Waals surface area (Å²) in [4.78, 5) is 28.8. The third-order valence-corrected chi connectivity index (χ3v) is 8.01. The van der Waals surface area contributed by atoms with Crippen LogP contribution in [0, 0.1) is 0 Å². The van der Waals surface area contributed by atoms with Crippen molar-refractivity contribution in [2.45, 2.75) is 32.4 Å². The van der Waals surface area contributed by atoms with Crippen LogP contribution in [0.3, 0.4) is 0 Å². The fourth-order valence-corrected chi connectivity index (χ4v) is 5.62. The predicted octanol–water partition coefficient (Wildman–Crippen LogP) is 5.58. The molecule has 0 fully saturated rings. The predicted molar refractivity (Wildman–Crippen MR) is 158 cm³/mol. The van der Waals surface area contributed by atoms with Gasteiger partial charge in [0, 0.05) is 29.6 Å². The van der Waals surface area contributed by atoms with Gasteiger partial charge < -0.3 is 10.2 Å². The third kappa shape index (κ3) is 8.60. The standard InChI is InChI=1S/C28H30Cl3N3O4S/c1-3-15-32-28(36)26(16-20-9-5-4-6-10-20)33(18-21-13-14-22(29)17-24(21)31)27(35)19-34(39(2,37)38)25-12-8-7-11-23(25)30/h4-14,17,26H,3,15-16,18-19H2,1-2H3,(H,32,36)/t26-/m1/s1. The number of rotatable bonds is 12. The lowest BCUT2D eigenvalue weighted by Crippen LogP contribution is -2.53. The first-order valence-corrected chi connectivity index (χ1v) is 15.3. The van der Waals surface area contributed by atoms with E-state index >= 15 is 0 Å². The van der Waals surface area contributed by atoms with Gasteiger partial charge in [0.05, 0.1) is 17.0 Å². The highest BCUT2D eigenvalue weighted by Crippen LogP contribution is 2.28. The van der Waals surface area contributed by atoms with E-state index in [4.69, 9.17) is 34.8 Å². The van der Waals surface area contributed by atoms with Crippen LogP contribution in [0.25, 0.3) is 0 Å². The summed E-state index contributed by atoms with van der Waals surface area (Å²) in [5.74, 6) is -0.957. The van der Waals surface area contributed by atoms with Crippen molar-refractivity contribution >= 4 is 62.3 Å². The molecule has 1 N–H and O–H groups in total. The highest BCUT2D eigenvalue weighted by atomic mass is 35.5. The molecule has 0 saturated carbocycles. The van der Waals surface area contributed by atoms with Crippen molar-refractivity contribution in [3.05, 3.63) is 99.0 Å². The summed E-state index contributed by atoms with van der Waals surface area (Å²) < 4.78 is 26.6. The Balaban J connectivity index is 2.08. The summed E-state index contributed by atoms with van der Waals surface area (Å²) in [6.45, 7) is 1.73. The number of sulfonamides is 1. The molecule has 0 bridgehead atoms. The highest BCUT2D eigenvalue weighted by molar-refractivity contribution is 7.92. The quantitative estimate of drug-likeness (QED) is 0.290. The second kappa shape index (κ2) is 14.0. The van der Waals surface area contributed by atoms with E-state index in [1.165, 1.54) is 11.0 Å². The van der Waals surface area contributed by atoms with E-state index in [9.17, 15) is 18.0 Å². The first kappa shape index (κ1) is 30.8. The number of carbonyl (C=O) groups is 2. The molecule has 0 aliphatic carbocycles. The van der Waals surface area contributed by atoms with Crippen LogP contribution in [0.2, 0.25) is 15.1 Å². The van der Waals surface area contributed by atoms with Crippen molar-refractivity contribution in [1.29, 1.82) is 0 Å². The molecule has 3 aromatic carbocycles. The summed E-state index contributed by atoms with van der Waals surface area (Å²) in [6.07, 6.45) is 1.91. The van der Waals surface area contributed by atoms with E-state index in [1.807, 2.05) is 37.3 Å². The van der Waals surface area contributed by atoms with Gasteiger partial charge in [-0.2, -0.15) is 0 Å². The van der Waals surface area contributed by atoms with E-state index in [-0.39, 0.29) is 29.6 Å². The third-order valence-electron chi connectivity index (χ3n) is 5.98.